The van der Waals surface area contributed by atoms with Crippen LogP contribution < -0.4 is 0 Å². The van der Waals surface area contributed by atoms with Crippen LogP contribution in [0, 0.1) is 0 Å². The minimum Gasteiger partial charge on any atom is -0.455 e. The van der Waals surface area contributed by atoms with Crippen molar-refractivity contribution in [1.82, 2.24) is 9.97 Å². The highest BCUT2D eigenvalue weighted by Crippen LogP contribution is 2.41. The molecule has 3 heterocycles. The molecule has 156 valence electrons. The zero-order valence-corrected chi connectivity index (χ0v) is 18.8. The summed E-state index contributed by atoms with van der Waals surface area (Å²) in [6.07, 6.45) is 0. The smallest absolute Gasteiger partial charge is 0.164 e. The second-order valence-electron chi connectivity index (χ2n) is 7.96. The normalized spacial score (nSPS) is 11.8. The van der Waals surface area contributed by atoms with Gasteiger partial charge in [-0.05, 0) is 30.3 Å². The molecule has 0 atom stereocenters. The SMILES string of the molecule is Clc1ccc2sc3c(-c4ccccc4)nc(-c4cccc5c4oc4ccccc45)nc3c2c1. The highest BCUT2D eigenvalue weighted by atomic mass is 35.5. The van der Waals surface area contributed by atoms with Gasteiger partial charge in [-0.2, -0.15) is 0 Å². The number of hydrogen-bond donors (Lipinski definition) is 0. The first-order valence-corrected chi connectivity index (χ1v) is 11.8. The van der Waals surface area contributed by atoms with Crippen LogP contribution in [0.4, 0.5) is 0 Å². The van der Waals surface area contributed by atoms with Gasteiger partial charge >= 0.3 is 0 Å². The first kappa shape index (κ1) is 18.8. The van der Waals surface area contributed by atoms with Gasteiger partial charge in [-0.3, -0.25) is 0 Å². The molecule has 0 unspecified atom stereocenters. The summed E-state index contributed by atoms with van der Waals surface area (Å²) in [4.78, 5) is 10.1. The van der Waals surface area contributed by atoms with Crippen LogP contribution in [0.5, 0.6) is 0 Å². The number of hydrogen-bond acceptors (Lipinski definition) is 4. The Balaban J connectivity index is 1.61. The van der Waals surface area contributed by atoms with Crippen LogP contribution in [0.2, 0.25) is 5.02 Å². The number of aromatic nitrogens is 2. The molecule has 0 N–H and O–H groups in total. The summed E-state index contributed by atoms with van der Waals surface area (Å²) in [5, 5.41) is 3.89. The fraction of sp³-hybridized carbons (Fsp3) is 0. The molecule has 0 aliphatic rings. The molecular formula is C28H15ClN2OS. The molecule has 0 fully saturated rings. The largest absolute Gasteiger partial charge is 0.455 e. The topological polar surface area (TPSA) is 38.9 Å². The Morgan fingerprint density at radius 2 is 1.55 bits per heavy atom. The van der Waals surface area contributed by atoms with Gasteiger partial charge in [-0.1, -0.05) is 72.3 Å². The zero-order chi connectivity index (χ0) is 21.9. The van der Waals surface area contributed by atoms with Crippen LogP contribution in [-0.4, -0.2) is 9.97 Å². The van der Waals surface area contributed by atoms with E-state index in [1.807, 2.05) is 60.7 Å². The Labute approximate surface area is 197 Å². The lowest BCUT2D eigenvalue weighted by Crippen LogP contribution is -1.93. The molecular weight excluding hydrogens is 448 g/mol. The Kier molecular flexibility index (Phi) is 4.07. The number of rotatable bonds is 2. The van der Waals surface area contributed by atoms with Crippen molar-refractivity contribution >= 4 is 65.2 Å². The molecule has 7 aromatic rings. The molecule has 0 saturated carbocycles. The van der Waals surface area contributed by atoms with Gasteiger partial charge in [-0.25, -0.2) is 9.97 Å². The van der Waals surface area contributed by atoms with Crippen molar-refractivity contribution in [2.45, 2.75) is 0 Å². The van der Waals surface area contributed by atoms with Gasteiger partial charge in [0.05, 0.1) is 21.5 Å². The summed E-state index contributed by atoms with van der Waals surface area (Å²) in [6, 6.07) is 30.5. The molecule has 0 saturated heterocycles. The van der Waals surface area contributed by atoms with Gasteiger partial charge in [0.25, 0.3) is 0 Å². The number of halogens is 1. The Hall–Kier alpha value is -3.73. The molecule has 5 heteroatoms. The van der Waals surface area contributed by atoms with Crippen LogP contribution in [0.3, 0.4) is 0 Å². The zero-order valence-electron chi connectivity index (χ0n) is 17.2. The van der Waals surface area contributed by atoms with E-state index in [4.69, 9.17) is 26.0 Å². The number of para-hydroxylation sites is 2. The van der Waals surface area contributed by atoms with E-state index < -0.39 is 0 Å². The van der Waals surface area contributed by atoms with Crippen molar-refractivity contribution in [2.75, 3.05) is 0 Å². The fourth-order valence-corrected chi connectivity index (χ4v) is 5.76. The van der Waals surface area contributed by atoms with Crippen LogP contribution in [-0.2, 0) is 0 Å². The summed E-state index contributed by atoms with van der Waals surface area (Å²) < 4.78 is 8.48. The fourth-order valence-electron chi connectivity index (χ4n) is 4.45. The molecule has 0 spiro atoms. The van der Waals surface area contributed by atoms with Gasteiger partial charge in [0.1, 0.15) is 11.2 Å². The molecule has 0 aliphatic carbocycles. The van der Waals surface area contributed by atoms with Gasteiger partial charge in [0, 0.05) is 31.4 Å². The van der Waals surface area contributed by atoms with Crippen molar-refractivity contribution in [2.24, 2.45) is 0 Å². The van der Waals surface area contributed by atoms with Crippen LogP contribution in [0.25, 0.3) is 64.9 Å². The Morgan fingerprint density at radius 3 is 2.45 bits per heavy atom. The number of furan rings is 1. The highest BCUT2D eigenvalue weighted by molar-refractivity contribution is 7.26. The lowest BCUT2D eigenvalue weighted by atomic mass is 10.1. The minimum atomic E-state index is 0.644. The van der Waals surface area contributed by atoms with E-state index in [-0.39, 0.29) is 0 Å². The van der Waals surface area contributed by atoms with Crippen LogP contribution >= 0.6 is 22.9 Å². The summed E-state index contributed by atoms with van der Waals surface area (Å²) in [5.74, 6) is 0.644. The third-order valence-corrected chi connectivity index (χ3v) is 7.37. The van der Waals surface area contributed by atoms with Crippen molar-refractivity contribution in [3.05, 3.63) is 96.0 Å². The lowest BCUT2D eigenvalue weighted by Gasteiger charge is -2.07. The quantitative estimate of drug-likeness (QED) is 0.258. The first-order chi connectivity index (χ1) is 16.3. The van der Waals surface area contributed by atoms with E-state index in [0.29, 0.717) is 10.8 Å². The molecule has 0 bridgehead atoms. The average molecular weight is 463 g/mol. The first-order valence-electron chi connectivity index (χ1n) is 10.6. The number of nitrogens with zero attached hydrogens (tertiary/aromatic N) is 2. The maximum absolute atomic E-state index is 6.36. The molecule has 7 rings (SSSR count). The summed E-state index contributed by atoms with van der Waals surface area (Å²) >= 11 is 8.06. The second-order valence-corrected chi connectivity index (χ2v) is 9.45. The van der Waals surface area contributed by atoms with Crippen molar-refractivity contribution in [1.29, 1.82) is 0 Å². The maximum Gasteiger partial charge on any atom is 0.164 e. The van der Waals surface area contributed by atoms with E-state index in [1.54, 1.807) is 11.3 Å². The molecule has 3 nitrogen and oxygen atoms in total. The van der Waals surface area contributed by atoms with E-state index in [1.165, 1.54) is 0 Å². The van der Waals surface area contributed by atoms with Gasteiger partial charge < -0.3 is 4.42 Å². The Morgan fingerprint density at radius 1 is 0.727 bits per heavy atom. The molecule has 4 aromatic carbocycles. The molecule has 3 aromatic heterocycles. The van der Waals surface area contributed by atoms with Crippen molar-refractivity contribution in [3.63, 3.8) is 0 Å². The van der Waals surface area contributed by atoms with Crippen molar-refractivity contribution < 1.29 is 4.42 Å². The number of thiophene rings is 1. The van der Waals surface area contributed by atoms with E-state index in [0.717, 1.165) is 59.1 Å². The van der Waals surface area contributed by atoms with E-state index >= 15 is 0 Å². The molecule has 0 amide bonds. The van der Waals surface area contributed by atoms with E-state index in [2.05, 4.69) is 30.3 Å². The number of fused-ring (bicyclic) bond motifs is 6. The van der Waals surface area contributed by atoms with Gasteiger partial charge in [-0.15, -0.1) is 11.3 Å². The number of benzene rings is 4. The van der Waals surface area contributed by atoms with Gasteiger partial charge in [0.15, 0.2) is 5.82 Å². The summed E-state index contributed by atoms with van der Waals surface area (Å²) in [7, 11) is 0. The Bertz CT molecular complexity index is 1840. The molecule has 0 aliphatic heterocycles. The summed E-state index contributed by atoms with van der Waals surface area (Å²) in [5.41, 5.74) is 5.42. The third-order valence-electron chi connectivity index (χ3n) is 5.97. The maximum atomic E-state index is 6.36. The van der Waals surface area contributed by atoms with Gasteiger partial charge in [0.2, 0.25) is 0 Å². The predicted molar refractivity (Wildman–Crippen MR) is 138 cm³/mol. The van der Waals surface area contributed by atoms with Crippen molar-refractivity contribution in [3.8, 4) is 22.6 Å². The van der Waals surface area contributed by atoms with E-state index in [9.17, 15) is 0 Å². The van der Waals surface area contributed by atoms with Crippen LogP contribution in [0.15, 0.2) is 95.4 Å². The third kappa shape index (κ3) is 2.88. The highest BCUT2D eigenvalue weighted by Gasteiger charge is 2.19. The predicted octanol–water partition coefficient (Wildman–Crippen LogP) is 8.73. The monoisotopic (exact) mass is 462 g/mol. The second kappa shape index (κ2) is 7.14. The average Bonchev–Trinajstić information content (AvgIpc) is 3.42. The summed E-state index contributed by atoms with van der Waals surface area (Å²) in [6.45, 7) is 0. The molecule has 0 radical (unpaired) electrons. The minimum absolute atomic E-state index is 0.644. The standard InChI is InChI=1S/C28H15ClN2OS/c29-17-13-14-23-21(15-17)25-27(33-23)24(16-7-2-1-3-8-16)30-28(31-25)20-11-6-10-19-18-9-4-5-12-22(18)32-26(19)20/h1-15H. The van der Waals surface area contributed by atoms with Crippen LogP contribution in [0.1, 0.15) is 0 Å². The molecule has 33 heavy (non-hydrogen) atoms. The lowest BCUT2D eigenvalue weighted by molar-refractivity contribution is 0.669.